The van der Waals surface area contributed by atoms with Gasteiger partial charge >= 0.3 is 0 Å². The van der Waals surface area contributed by atoms with Crippen LogP contribution in [0.4, 0.5) is 0 Å². The highest BCUT2D eigenvalue weighted by atomic mass is 32.2. The summed E-state index contributed by atoms with van der Waals surface area (Å²) >= 11 is 0. The van der Waals surface area contributed by atoms with E-state index in [2.05, 4.69) is 9.14 Å². The second-order valence-electron chi connectivity index (χ2n) is 1.96. The number of rotatable bonds is 3. The summed E-state index contributed by atoms with van der Waals surface area (Å²) in [5, 5.41) is 0. The van der Waals surface area contributed by atoms with E-state index in [9.17, 15) is 8.42 Å². The van der Waals surface area contributed by atoms with Crippen LogP contribution in [0.5, 0.6) is 0 Å². The predicted molar refractivity (Wildman–Crippen MR) is 39.6 cm³/mol. The second-order valence-corrected chi connectivity index (χ2v) is 3.73. The Morgan fingerprint density at radius 1 is 1.64 bits per heavy atom. The smallest absolute Gasteiger partial charge is 0.243 e. The fourth-order valence-corrected chi connectivity index (χ4v) is 1.64. The van der Waals surface area contributed by atoms with Gasteiger partial charge in [0.15, 0.2) is 0 Å². The van der Waals surface area contributed by atoms with Crippen LogP contribution in [0.1, 0.15) is 6.92 Å². The van der Waals surface area contributed by atoms with Gasteiger partial charge in [0.2, 0.25) is 10.0 Å². The van der Waals surface area contributed by atoms with Gasteiger partial charge in [0.25, 0.3) is 0 Å². The van der Waals surface area contributed by atoms with Crippen LogP contribution in [-0.4, -0.2) is 15.0 Å². The van der Waals surface area contributed by atoms with Crippen molar-refractivity contribution in [2.24, 2.45) is 0 Å². The molecule has 0 radical (unpaired) electrons. The topological polar surface area (TPSA) is 59.3 Å². The summed E-state index contributed by atoms with van der Waals surface area (Å²) in [7, 11) is -3.31. The zero-order valence-corrected chi connectivity index (χ0v) is 6.89. The molecule has 0 aliphatic rings. The third-order valence-electron chi connectivity index (χ3n) is 1.14. The van der Waals surface area contributed by atoms with E-state index in [0.29, 0.717) is 6.54 Å². The first-order valence-electron chi connectivity index (χ1n) is 3.18. The maximum Gasteiger partial charge on any atom is 0.243 e. The molecule has 1 aromatic heterocycles. The van der Waals surface area contributed by atoms with E-state index in [1.165, 1.54) is 18.6 Å². The number of nitrogens with one attached hydrogen (secondary N) is 1. The molecule has 0 spiro atoms. The quantitative estimate of drug-likeness (QED) is 0.731. The molecule has 11 heavy (non-hydrogen) atoms. The van der Waals surface area contributed by atoms with Crippen molar-refractivity contribution < 1.29 is 12.8 Å². The summed E-state index contributed by atoms with van der Waals surface area (Å²) in [6.07, 6.45) is 2.52. The fourth-order valence-electron chi connectivity index (χ4n) is 0.678. The largest absolute Gasteiger partial charge is 0.471 e. The van der Waals surface area contributed by atoms with E-state index in [1.54, 1.807) is 6.92 Å². The summed E-state index contributed by atoms with van der Waals surface area (Å²) in [5.41, 5.74) is 0. The highest BCUT2D eigenvalue weighted by Gasteiger charge is 2.12. The van der Waals surface area contributed by atoms with Gasteiger partial charge in [-0.05, 0) is 6.07 Å². The molecule has 5 heteroatoms. The maximum atomic E-state index is 11.1. The molecule has 1 N–H and O–H groups in total. The molecule has 1 rings (SSSR count). The van der Waals surface area contributed by atoms with Gasteiger partial charge in [0.1, 0.15) is 11.2 Å². The van der Waals surface area contributed by atoms with Crippen LogP contribution in [0.15, 0.2) is 27.9 Å². The Balaban J connectivity index is 2.92. The summed E-state index contributed by atoms with van der Waals surface area (Å²) in [5.74, 6) is 0. The summed E-state index contributed by atoms with van der Waals surface area (Å²) in [6.45, 7) is 2.10. The van der Waals surface area contributed by atoms with Crippen molar-refractivity contribution in [3.63, 3.8) is 0 Å². The Morgan fingerprint density at radius 2 is 2.36 bits per heavy atom. The second kappa shape index (κ2) is 3.06. The normalized spacial score (nSPS) is 11.7. The van der Waals surface area contributed by atoms with E-state index in [0.717, 1.165) is 0 Å². The molecule has 0 saturated carbocycles. The molecule has 62 valence electrons. The Kier molecular flexibility index (Phi) is 2.31. The van der Waals surface area contributed by atoms with Crippen LogP contribution in [0.25, 0.3) is 0 Å². The van der Waals surface area contributed by atoms with Crippen LogP contribution in [0.2, 0.25) is 0 Å². The lowest BCUT2D eigenvalue weighted by Crippen LogP contribution is -2.22. The Bertz CT molecular complexity index is 301. The molecule has 0 saturated heterocycles. The molecule has 0 aliphatic carbocycles. The van der Waals surface area contributed by atoms with Crippen LogP contribution < -0.4 is 4.72 Å². The molecule has 0 aromatic carbocycles. The SMILES string of the molecule is CCNS(=O)(=O)c1ccoc1. The molecule has 0 fully saturated rings. The van der Waals surface area contributed by atoms with E-state index < -0.39 is 10.0 Å². The van der Waals surface area contributed by atoms with Crippen molar-refractivity contribution in [1.82, 2.24) is 4.72 Å². The molecule has 0 amide bonds. The first kappa shape index (κ1) is 8.29. The first-order valence-corrected chi connectivity index (χ1v) is 4.67. The number of furan rings is 1. The molecule has 0 atom stereocenters. The van der Waals surface area contributed by atoms with Crippen LogP contribution in [-0.2, 0) is 10.0 Å². The van der Waals surface area contributed by atoms with Crippen LogP contribution in [0.3, 0.4) is 0 Å². The van der Waals surface area contributed by atoms with E-state index in [4.69, 9.17) is 0 Å². The predicted octanol–water partition coefficient (Wildman–Crippen LogP) is 0.578. The van der Waals surface area contributed by atoms with Gasteiger partial charge in [-0.2, -0.15) is 0 Å². The zero-order chi connectivity index (χ0) is 8.32. The molecule has 1 aromatic rings. The third kappa shape index (κ3) is 1.81. The minimum absolute atomic E-state index is 0.166. The Morgan fingerprint density at radius 3 is 2.82 bits per heavy atom. The van der Waals surface area contributed by atoms with E-state index in [1.807, 2.05) is 0 Å². The monoisotopic (exact) mass is 175 g/mol. The van der Waals surface area contributed by atoms with Gasteiger partial charge < -0.3 is 4.42 Å². The third-order valence-corrected chi connectivity index (χ3v) is 2.66. The maximum absolute atomic E-state index is 11.1. The van der Waals surface area contributed by atoms with Crippen molar-refractivity contribution >= 4 is 10.0 Å². The van der Waals surface area contributed by atoms with Gasteiger partial charge in [0.05, 0.1) is 6.26 Å². The van der Waals surface area contributed by atoms with Crippen molar-refractivity contribution in [3.05, 3.63) is 18.6 Å². The Hall–Kier alpha value is -0.810. The zero-order valence-electron chi connectivity index (χ0n) is 6.07. The number of hydrogen-bond donors (Lipinski definition) is 1. The molecular weight excluding hydrogens is 166 g/mol. The van der Waals surface area contributed by atoms with Gasteiger partial charge in [0, 0.05) is 6.54 Å². The minimum atomic E-state index is -3.31. The average molecular weight is 175 g/mol. The van der Waals surface area contributed by atoms with Gasteiger partial charge in [-0.25, -0.2) is 13.1 Å². The van der Waals surface area contributed by atoms with Crippen LogP contribution >= 0.6 is 0 Å². The van der Waals surface area contributed by atoms with E-state index in [-0.39, 0.29) is 4.90 Å². The standard InChI is InChI=1S/C6H9NO3S/c1-2-7-11(8,9)6-3-4-10-5-6/h3-5,7H,2H2,1H3. The van der Waals surface area contributed by atoms with E-state index >= 15 is 0 Å². The summed E-state index contributed by atoms with van der Waals surface area (Å²) in [4.78, 5) is 0.166. The summed E-state index contributed by atoms with van der Waals surface area (Å²) in [6, 6.07) is 1.40. The average Bonchev–Trinajstić information content (AvgIpc) is 2.37. The van der Waals surface area contributed by atoms with Crippen molar-refractivity contribution in [2.75, 3.05) is 6.54 Å². The lowest BCUT2D eigenvalue weighted by atomic mass is 10.7. The number of sulfonamides is 1. The summed E-state index contributed by atoms with van der Waals surface area (Å²) < 4.78 is 29.2. The Labute approximate surface area is 65.3 Å². The molecule has 1 heterocycles. The lowest BCUT2D eigenvalue weighted by Gasteiger charge is -1.98. The van der Waals surface area contributed by atoms with Crippen molar-refractivity contribution in [3.8, 4) is 0 Å². The first-order chi connectivity index (χ1) is 5.17. The number of hydrogen-bond acceptors (Lipinski definition) is 3. The van der Waals surface area contributed by atoms with Gasteiger partial charge in [-0.1, -0.05) is 6.92 Å². The highest BCUT2D eigenvalue weighted by Crippen LogP contribution is 2.07. The highest BCUT2D eigenvalue weighted by molar-refractivity contribution is 7.89. The fraction of sp³-hybridized carbons (Fsp3) is 0.333. The molecule has 0 aliphatic heterocycles. The molecular formula is C6H9NO3S. The van der Waals surface area contributed by atoms with Crippen LogP contribution in [0, 0.1) is 0 Å². The molecule has 0 bridgehead atoms. The van der Waals surface area contributed by atoms with Crippen molar-refractivity contribution in [1.29, 1.82) is 0 Å². The lowest BCUT2D eigenvalue weighted by molar-refractivity contribution is 0.553. The van der Waals surface area contributed by atoms with Crippen molar-refractivity contribution in [2.45, 2.75) is 11.8 Å². The van der Waals surface area contributed by atoms with Gasteiger partial charge in [-0.3, -0.25) is 0 Å². The molecule has 4 nitrogen and oxygen atoms in total. The molecule has 0 unspecified atom stereocenters. The van der Waals surface area contributed by atoms with Gasteiger partial charge in [-0.15, -0.1) is 0 Å². The minimum Gasteiger partial charge on any atom is -0.471 e.